The number of hydrogen-bond donors (Lipinski definition) is 0. The maximum Gasteiger partial charge on any atom is 0.330 e. The van der Waals surface area contributed by atoms with Gasteiger partial charge in [-0.1, -0.05) is 26.8 Å². The van der Waals surface area contributed by atoms with Gasteiger partial charge in [0.2, 0.25) is 0 Å². The van der Waals surface area contributed by atoms with E-state index in [1.165, 1.54) is 7.11 Å². The van der Waals surface area contributed by atoms with E-state index in [4.69, 9.17) is 4.74 Å². The third kappa shape index (κ3) is 3.74. The van der Waals surface area contributed by atoms with Crippen LogP contribution in [0.15, 0.2) is 12.2 Å². The molecule has 0 unspecified atom stereocenters. The largest absolute Gasteiger partial charge is 0.466 e. The molecular formula is C28H40O5. The SMILES string of the molecule is COC(=O)/C=C/[C@@H](C)[C@H]1CC[C@H]2[C@@H]3[C@@H](C=O)[C@@H](C=O)[C@@H]4C[C@H](C=O)CC[C@]4(C)[C@H]3CC[C@]12C. The minimum Gasteiger partial charge on any atom is -0.466 e. The Balaban J connectivity index is 1.67. The lowest BCUT2D eigenvalue weighted by Crippen LogP contribution is -2.60. The Morgan fingerprint density at radius 1 is 0.879 bits per heavy atom. The molecule has 0 bridgehead atoms. The Morgan fingerprint density at radius 3 is 2.18 bits per heavy atom. The van der Waals surface area contributed by atoms with Gasteiger partial charge in [0.05, 0.1) is 7.11 Å². The average Bonchev–Trinajstić information content (AvgIpc) is 3.18. The van der Waals surface area contributed by atoms with E-state index >= 15 is 0 Å². The van der Waals surface area contributed by atoms with Crippen LogP contribution in [-0.4, -0.2) is 31.9 Å². The summed E-state index contributed by atoms with van der Waals surface area (Å²) in [5, 5.41) is 0. The first-order valence-electron chi connectivity index (χ1n) is 12.9. The standard InChI is InChI=1S/C28H40O5/c1-17(5-8-25(32)33-4)21-6-7-22-26-20(16-31)19(15-30)24-13-18(14-29)9-11-28(24,3)23(26)10-12-27(21,22)2/h5,8,14-24,26H,6-7,9-13H2,1-4H3/b8-5+/t17-,18-,19-,20+,21-,22+,23+,24+,26+,27-,28-/m1/s1. The van der Waals surface area contributed by atoms with Crippen molar-refractivity contribution < 1.29 is 23.9 Å². The van der Waals surface area contributed by atoms with Crippen molar-refractivity contribution in [3.05, 3.63) is 12.2 Å². The van der Waals surface area contributed by atoms with Crippen LogP contribution >= 0.6 is 0 Å². The summed E-state index contributed by atoms with van der Waals surface area (Å²) in [4.78, 5) is 48.2. The molecule has 0 spiro atoms. The molecular weight excluding hydrogens is 416 g/mol. The smallest absolute Gasteiger partial charge is 0.330 e. The minimum atomic E-state index is -0.322. The number of carbonyl (C=O) groups excluding carboxylic acids is 4. The molecule has 4 fully saturated rings. The third-order valence-corrected chi connectivity index (χ3v) is 10.9. The van der Waals surface area contributed by atoms with Crippen LogP contribution in [-0.2, 0) is 23.9 Å². The van der Waals surface area contributed by atoms with Crippen LogP contribution in [0.5, 0.6) is 0 Å². The van der Waals surface area contributed by atoms with Crippen molar-refractivity contribution >= 4 is 24.8 Å². The van der Waals surface area contributed by atoms with Gasteiger partial charge in [0.1, 0.15) is 18.9 Å². The summed E-state index contributed by atoms with van der Waals surface area (Å²) in [6.07, 6.45) is 13.7. The quantitative estimate of drug-likeness (QED) is 0.330. The molecule has 33 heavy (non-hydrogen) atoms. The van der Waals surface area contributed by atoms with Crippen LogP contribution in [0.1, 0.15) is 65.7 Å². The van der Waals surface area contributed by atoms with E-state index in [1.54, 1.807) is 6.08 Å². The van der Waals surface area contributed by atoms with Crippen molar-refractivity contribution in [2.24, 2.45) is 64.1 Å². The fourth-order valence-electron chi connectivity index (χ4n) is 9.31. The average molecular weight is 457 g/mol. The van der Waals surface area contributed by atoms with Crippen molar-refractivity contribution in [3.8, 4) is 0 Å². The fraction of sp³-hybridized carbons (Fsp3) is 0.786. The molecule has 0 aromatic carbocycles. The molecule has 0 aliphatic heterocycles. The lowest BCUT2D eigenvalue weighted by atomic mass is 9.40. The predicted molar refractivity (Wildman–Crippen MR) is 125 cm³/mol. The van der Waals surface area contributed by atoms with Crippen molar-refractivity contribution in [2.45, 2.75) is 65.7 Å². The molecule has 4 saturated carbocycles. The first kappa shape index (κ1) is 24.3. The molecule has 5 nitrogen and oxygen atoms in total. The second kappa shape index (κ2) is 9.11. The number of fused-ring (bicyclic) bond motifs is 5. The van der Waals surface area contributed by atoms with Gasteiger partial charge in [-0.2, -0.15) is 0 Å². The zero-order chi connectivity index (χ0) is 24.0. The summed E-state index contributed by atoms with van der Waals surface area (Å²) in [5.41, 5.74) is 0.115. The lowest BCUT2D eigenvalue weighted by Gasteiger charge is -2.64. The molecule has 0 amide bonds. The molecule has 0 aromatic heterocycles. The molecule has 4 aliphatic carbocycles. The van der Waals surface area contributed by atoms with Gasteiger partial charge < -0.3 is 19.1 Å². The Kier molecular flexibility index (Phi) is 6.72. The number of ether oxygens (including phenoxy) is 1. The van der Waals surface area contributed by atoms with Gasteiger partial charge in [-0.25, -0.2) is 4.79 Å². The van der Waals surface area contributed by atoms with E-state index in [2.05, 4.69) is 20.8 Å². The number of methoxy groups -OCH3 is 1. The first-order valence-corrected chi connectivity index (χ1v) is 12.9. The number of allylic oxidation sites excluding steroid dienone is 1. The first-order chi connectivity index (χ1) is 15.7. The number of esters is 1. The molecule has 0 aromatic rings. The molecule has 11 atom stereocenters. The van der Waals surface area contributed by atoms with Gasteiger partial charge in [0.25, 0.3) is 0 Å². The number of hydrogen-bond acceptors (Lipinski definition) is 5. The monoisotopic (exact) mass is 456 g/mol. The van der Waals surface area contributed by atoms with Gasteiger partial charge in [0.15, 0.2) is 0 Å². The molecule has 0 radical (unpaired) electrons. The minimum absolute atomic E-state index is 0.0153. The highest BCUT2D eigenvalue weighted by Crippen LogP contribution is 2.70. The van der Waals surface area contributed by atoms with E-state index in [1.807, 2.05) is 6.08 Å². The zero-order valence-electron chi connectivity index (χ0n) is 20.6. The van der Waals surface area contributed by atoms with Crippen LogP contribution < -0.4 is 0 Å². The lowest BCUT2D eigenvalue weighted by molar-refractivity contribution is -0.175. The molecule has 0 N–H and O–H groups in total. The van der Waals surface area contributed by atoms with Gasteiger partial charge in [-0.15, -0.1) is 0 Å². The molecule has 4 rings (SSSR count). The van der Waals surface area contributed by atoms with Crippen LogP contribution in [0.25, 0.3) is 0 Å². The van der Waals surface area contributed by atoms with E-state index < -0.39 is 0 Å². The highest BCUT2D eigenvalue weighted by molar-refractivity contribution is 5.81. The summed E-state index contributed by atoms with van der Waals surface area (Å²) in [5.74, 6) is 1.05. The van der Waals surface area contributed by atoms with Crippen molar-refractivity contribution in [2.75, 3.05) is 7.11 Å². The summed E-state index contributed by atoms with van der Waals surface area (Å²) in [6, 6.07) is 0. The predicted octanol–water partition coefficient (Wildman–Crippen LogP) is 4.68. The van der Waals surface area contributed by atoms with Gasteiger partial charge in [-0.3, -0.25) is 0 Å². The van der Waals surface area contributed by atoms with Gasteiger partial charge in [-0.05, 0) is 91.3 Å². The number of rotatable bonds is 6. The maximum absolute atomic E-state index is 12.5. The summed E-state index contributed by atoms with van der Waals surface area (Å²) >= 11 is 0. The van der Waals surface area contributed by atoms with Crippen LogP contribution in [0.4, 0.5) is 0 Å². The molecule has 182 valence electrons. The molecule has 4 aliphatic rings. The topological polar surface area (TPSA) is 77.5 Å². The van der Waals surface area contributed by atoms with Crippen LogP contribution in [0.2, 0.25) is 0 Å². The Morgan fingerprint density at radius 2 is 1.55 bits per heavy atom. The Bertz CT molecular complexity index is 819. The normalized spacial score (nSPS) is 47.6. The summed E-state index contributed by atoms with van der Waals surface area (Å²) < 4.78 is 4.78. The van der Waals surface area contributed by atoms with Crippen LogP contribution in [0, 0.1) is 64.1 Å². The Labute approximate surface area is 198 Å². The van der Waals surface area contributed by atoms with E-state index in [9.17, 15) is 19.2 Å². The van der Waals surface area contributed by atoms with Crippen molar-refractivity contribution in [3.63, 3.8) is 0 Å². The fourth-order valence-corrected chi connectivity index (χ4v) is 9.31. The summed E-state index contributed by atoms with van der Waals surface area (Å²) in [6.45, 7) is 6.93. The van der Waals surface area contributed by atoms with Gasteiger partial charge in [0, 0.05) is 23.8 Å². The zero-order valence-corrected chi connectivity index (χ0v) is 20.6. The van der Waals surface area contributed by atoms with E-state index in [0.717, 1.165) is 63.8 Å². The van der Waals surface area contributed by atoms with E-state index in [0.29, 0.717) is 17.8 Å². The third-order valence-electron chi connectivity index (χ3n) is 10.9. The highest BCUT2D eigenvalue weighted by Gasteiger charge is 2.65. The second-order valence-electron chi connectivity index (χ2n) is 12.0. The van der Waals surface area contributed by atoms with E-state index in [-0.39, 0.29) is 52.3 Å². The number of aldehydes is 3. The molecule has 5 heteroatoms. The maximum atomic E-state index is 12.5. The number of carbonyl (C=O) groups is 4. The highest BCUT2D eigenvalue weighted by atomic mass is 16.5. The van der Waals surface area contributed by atoms with Crippen molar-refractivity contribution in [1.82, 2.24) is 0 Å². The van der Waals surface area contributed by atoms with Crippen LogP contribution in [0.3, 0.4) is 0 Å². The van der Waals surface area contributed by atoms with Gasteiger partial charge >= 0.3 is 5.97 Å². The summed E-state index contributed by atoms with van der Waals surface area (Å²) in [7, 11) is 1.40. The molecule has 0 saturated heterocycles. The molecule has 0 heterocycles. The Hall–Kier alpha value is -1.78. The second-order valence-corrected chi connectivity index (χ2v) is 12.0. The van der Waals surface area contributed by atoms with Crippen molar-refractivity contribution in [1.29, 1.82) is 0 Å².